The fourth-order valence-corrected chi connectivity index (χ4v) is 6.73. The van der Waals surface area contributed by atoms with Crippen molar-refractivity contribution in [3.8, 4) is 0 Å². The van der Waals surface area contributed by atoms with Crippen molar-refractivity contribution in [3.63, 3.8) is 0 Å². The van der Waals surface area contributed by atoms with Gasteiger partial charge in [-0.05, 0) is 73.4 Å². The summed E-state index contributed by atoms with van der Waals surface area (Å²) in [6.07, 6.45) is 0. The standard InChI is InChI=1S/C38H44N6/c1-2-6-29-24-34-27-36-31(26-33(34)23-28(29)5-1)9-10-32-25-30-7-3-4-8-35(30)38(37(32)36)44-21-19-42-17-15-40-13-11-39-12-14-41-16-18-43-20-22-44/h1-10,23-27,39-43H,11-22H2. The molecule has 0 atom stereocenters. The summed E-state index contributed by atoms with van der Waals surface area (Å²) in [4.78, 5) is 2.63. The smallest absolute Gasteiger partial charge is 0.0532 e. The Labute approximate surface area is 260 Å². The van der Waals surface area contributed by atoms with E-state index in [0.29, 0.717) is 0 Å². The summed E-state index contributed by atoms with van der Waals surface area (Å²) in [7, 11) is 0. The van der Waals surface area contributed by atoms with E-state index in [1.165, 1.54) is 59.5 Å². The number of rotatable bonds is 1. The average Bonchev–Trinajstić information content (AvgIpc) is 3.05. The van der Waals surface area contributed by atoms with Crippen LogP contribution in [-0.4, -0.2) is 78.5 Å². The molecule has 7 rings (SSSR count). The molecule has 44 heavy (non-hydrogen) atoms. The van der Waals surface area contributed by atoms with E-state index in [1.807, 2.05) is 0 Å². The number of anilines is 1. The second-order valence-corrected chi connectivity index (χ2v) is 12.0. The van der Waals surface area contributed by atoms with E-state index in [2.05, 4.69) is 122 Å². The highest BCUT2D eigenvalue weighted by atomic mass is 15.2. The highest BCUT2D eigenvalue weighted by Gasteiger charge is 2.17. The first kappa shape index (κ1) is 29.0. The lowest BCUT2D eigenvalue weighted by molar-refractivity contribution is 0.548. The minimum atomic E-state index is 0.936. The predicted molar refractivity (Wildman–Crippen MR) is 191 cm³/mol. The van der Waals surface area contributed by atoms with Crippen LogP contribution < -0.4 is 31.5 Å². The first-order valence-corrected chi connectivity index (χ1v) is 16.3. The maximum absolute atomic E-state index is 3.71. The molecule has 0 aliphatic carbocycles. The van der Waals surface area contributed by atoms with Crippen LogP contribution in [0, 0.1) is 0 Å². The Balaban J connectivity index is 1.32. The van der Waals surface area contributed by atoms with Crippen molar-refractivity contribution in [2.24, 2.45) is 0 Å². The zero-order valence-corrected chi connectivity index (χ0v) is 25.6. The average molecular weight is 585 g/mol. The van der Waals surface area contributed by atoms with Crippen molar-refractivity contribution < 1.29 is 0 Å². The van der Waals surface area contributed by atoms with Crippen LogP contribution in [0.4, 0.5) is 5.69 Å². The molecule has 0 aromatic heterocycles. The Bertz CT molecular complexity index is 1860. The van der Waals surface area contributed by atoms with Crippen LogP contribution in [0.1, 0.15) is 0 Å². The summed E-state index contributed by atoms with van der Waals surface area (Å²) in [5, 5.41) is 31.1. The van der Waals surface area contributed by atoms with Gasteiger partial charge in [0.1, 0.15) is 0 Å². The van der Waals surface area contributed by atoms with Crippen molar-refractivity contribution in [2.45, 2.75) is 0 Å². The number of nitrogens with one attached hydrogen (secondary N) is 5. The Hall–Kier alpha value is -3.78. The highest BCUT2D eigenvalue weighted by molar-refractivity contribution is 6.23. The van der Waals surface area contributed by atoms with Crippen LogP contribution >= 0.6 is 0 Å². The molecule has 0 radical (unpaired) electrons. The summed E-state index contributed by atoms with van der Waals surface area (Å²) in [5.41, 5.74) is 1.35. The second kappa shape index (κ2) is 13.9. The van der Waals surface area contributed by atoms with Crippen LogP contribution in [0.15, 0.2) is 91.0 Å². The number of hydrogen-bond acceptors (Lipinski definition) is 6. The summed E-state index contributed by atoms with van der Waals surface area (Å²) in [6, 6.07) is 34.1. The molecule has 1 saturated heterocycles. The van der Waals surface area contributed by atoms with Crippen molar-refractivity contribution in [1.29, 1.82) is 0 Å². The van der Waals surface area contributed by atoms with E-state index < -0.39 is 0 Å². The molecule has 1 aliphatic heterocycles. The number of fused-ring (bicyclic) bond motifs is 6. The van der Waals surface area contributed by atoms with Crippen molar-refractivity contribution in [2.75, 3.05) is 83.4 Å². The molecule has 226 valence electrons. The molecule has 1 heterocycles. The Kier molecular flexibility index (Phi) is 9.14. The first-order valence-electron chi connectivity index (χ1n) is 16.3. The zero-order chi connectivity index (χ0) is 29.6. The molecule has 6 heteroatoms. The molecule has 6 nitrogen and oxygen atoms in total. The van der Waals surface area contributed by atoms with E-state index in [9.17, 15) is 0 Å². The van der Waals surface area contributed by atoms with Gasteiger partial charge < -0.3 is 31.5 Å². The molecule has 1 aliphatic rings. The van der Waals surface area contributed by atoms with Crippen LogP contribution in [0.25, 0.3) is 53.9 Å². The lowest BCUT2D eigenvalue weighted by Crippen LogP contribution is -2.41. The molecule has 0 saturated carbocycles. The number of hydrogen-bond donors (Lipinski definition) is 5. The van der Waals surface area contributed by atoms with Gasteiger partial charge >= 0.3 is 0 Å². The van der Waals surface area contributed by atoms with Crippen molar-refractivity contribution in [1.82, 2.24) is 26.6 Å². The van der Waals surface area contributed by atoms with Crippen LogP contribution in [0.2, 0.25) is 0 Å². The van der Waals surface area contributed by atoms with Gasteiger partial charge in [0, 0.05) is 89.3 Å². The SMILES string of the molecule is c1ccc2cc3cc4c(ccc5cc6ccccc6c(N6CCNCCNCCNCCNCCNCC6)c54)cc3cc2c1. The second-order valence-electron chi connectivity index (χ2n) is 12.0. The van der Waals surface area contributed by atoms with Crippen LogP contribution in [0.3, 0.4) is 0 Å². The fourth-order valence-electron chi connectivity index (χ4n) is 6.73. The Morgan fingerprint density at radius 1 is 0.364 bits per heavy atom. The summed E-state index contributed by atoms with van der Waals surface area (Å²) < 4.78 is 0. The van der Waals surface area contributed by atoms with E-state index >= 15 is 0 Å². The van der Waals surface area contributed by atoms with Crippen LogP contribution in [-0.2, 0) is 0 Å². The monoisotopic (exact) mass is 584 g/mol. The summed E-state index contributed by atoms with van der Waals surface area (Å²) in [5.74, 6) is 0. The van der Waals surface area contributed by atoms with Gasteiger partial charge in [0.15, 0.2) is 0 Å². The van der Waals surface area contributed by atoms with Gasteiger partial charge in [0.25, 0.3) is 0 Å². The van der Waals surface area contributed by atoms with Gasteiger partial charge in [0.2, 0.25) is 0 Å². The van der Waals surface area contributed by atoms with Gasteiger partial charge in [0.05, 0.1) is 5.69 Å². The largest absolute Gasteiger partial charge is 0.368 e. The lowest BCUT2D eigenvalue weighted by atomic mass is 9.93. The minimum absolute atomic E-state index is 0.936. The quantitative estimate of drug-likeness (QED) is 0.135. The van der Waals surface area contributed by atoms with Crippen LogP contribution in [0.5, 0.6) is 0 Å². The Morgan fingerprint density at radius 2 is 0.795 bits per heavy atom. The van der Waals surface area contributed by atoms with Crippen molar-refractivity contribution in [3.05, 3.63) is 91.0 Å². The third kappa shape index (κ3) is 6.36. The minimum Gasteiger partial charge on any atom is -0.368 e. The number of nitrogens with zero attached hydrogens (tertiary/aromatic N) is 1. The molecule has 0 unspecified atom stereocenters. The lowest BCUT2D eigenvalue weighted by Gasteiger charge is -2.29. The van der Waals surface area contributed by atoms with E-state index in [-0.39, 0.29) is 0 Å². The van der Waals surface area contributed by atoms with Gasteiger partial charge in [-0.1, -0.05) is 60.7 Å². The van der Waals surface area contributed by atoms with Gasteiger partial charge in [-0.3, -0.25) is 0 Å². The Morgan fingerprint density at radius 3 is 1.41 bits per heavy atom. The van der Waals surface area contributed by atoms with Gasteiger partial charge in [-0.2, -0.15) is 0 Å². The molecule has 0 spiro atoms. The highest BCUT2D eigenvalue weighted by Crippen LogP contribution is 2.41. The third-order valence-electron chi connectivity index (χ3n) is 8.98. The van der Waals surface area contributed by atoms with Crippen molar-refractivity contribution >= 4 is 59.5 Å². The molecular weight excluding hydrogens is 540 g/mol. The zero-order valence-electron chi connectivity index (χ0n) is 25.6. The topological polar surface area (TPSA) is 63.4 Å². The molecule has 5 N–H and O–H groups in total. The number of benzene rings is 6. The summed E-state index contributed by atoms with van der Waals surface area (Å²) in [6.45, 7) is 11.6. The molecular formula is C38H44N6. The fraction of sp³-hybridized carbons (Fsp3) is 0.316. The van der Waals surface area contributed by atoms with E-state index in [0.717, 1.165) is 78.5 Å². The molecule has 1 fully saturated rings. The van der Waals surface area contributed by atoms with Gasteiger partial charge in [-0.25, -0.2) is 0 Å². The first-order chi connectivity index (χ1) is 21.8. The third-order valence-corrected chi connectivity index (χ3v) is 8.98. The summed E-state index contributed by atoms with van der Waals surface area (Å²) >= 11 is 0. The molecule has 6 aromatic carbocycles. The maximum atomic E-state index is 3.71. The van der Waals surface area contributed by atoms with Gasteiger partial charge in [-0.15, -0.1) is 0 Å². The van der Waals surface area contributed by atoms with E-state index in [4.69, 9.17) is 0 Å². The maximum Gasteiger partial charge on any atom is 0.0532 e. The normalized spacial score (nSPS) is 17.3. The molecule has 0 bridgehead atoms. The van der Waals surface area contributed by atoms with E-state index in [1.54, 1.807) is 0 Å². The molecule has 6 aromatic rings. The predicted octanol–water partition coefficient (Wildman–Crippen LogP) is 5.22. The molecule has 0 amide bonds.